The third-order valence-electron chi connectivity index (χ3n) is 3.98. The minimum absolute atomic E-state index is 0.318. The quantitative estimate of drug-likeness (QED) is 0.867. The van der Waals surface area contributed by atoms with Crippen molar-refractivity contribution in [3.8, 4) is 0 Å². The molecule has 0 amide bonds. The molecule has 5 heteroatoms. The Morgan fingerprint density at radius 3 is 2.45 bits per heavy atom. The van der Waals surface area contributed by atoms with Crippen LogP contribution in [0.2, 0.25) is 0 Å². The molecule has 2 rings (SSSR count). The lowest BCUT2D eigenvalue weighted by molar-refractivity contribution is 0.108. The van der Waals surface area contributed by atoms with Crippen LogP contribution in [0.4, 0.5) is 11.6 Å². The lowest BCUT2D eigenvalue weighted by Crippen LogP contribution is -2.20. The van der Waals surface area contributed by atoms with Crippen LogP contribution in [-0.4, -0.2) is 36.3 Å². The highest BCUT2D eigenvalue weighted by atomic mass is 16.5. The van der Waals surface area contributed by atoms with Crippen LogP contribution in [0.3, 0.4) is 0 Å². The average Bonchev–Trinajstić information content (AvgIpc) is 2.88. The third-order valence-corrected chi connectivity index (χ3v) is 3.98. The maximum Gasteiger partial charge on any atom is 0.135 e. The summed E-state index contributed by atoms with van der Waals surface area (Å²) in [4.78, 5) is 9.26. The second kappa shape index (κ2) is 6.39. The summed E-state index contributed by atoms with van der Waals surface area (Å²) in [5, 5.41) is 6.73. The minimum Gasteiger partial charge on any atom is -0.381 e. The van der Waals surface area contributed by atoms with E-state index in [0.717, 1.165) is 42.3 Å². The van der Waals surface area contributed by atoms with Gasteiger partial charge in [-0.05, 0) is 26.2 Å². The summed E-state index contributed by atoms with van der Waals surface area (Å²) in [6.07, 6.45) is 3.68. The molecular weight excluding hydrogens is 252 g/mol. The zero-order valence-corrected chi connectivity index (χ0v) is 13.2. The number of hydrogen-bond donors (Lipinski definition) is 2. The summed E-state index contributed by atoms with van der Waals surface area (Å²) in [5.41, 5.74) is 1.08. The number of ether oxygens (including phenoxy) is 1. The molecule has 0 aromatic carbocycles. The van der Waals surface area contributed by atoms with Crippen molar-refractivity contribution in [2.45, 2.75) is 58.1 Å². The van der Waals surface area contributed by atoms with E-state index in [9.17, 15) is 0 Å². The van der Waals surface area contributed by atoms with Gasteiger partial charge in [0.1, 0.15) is 17.5 Å². The molecule has 1 aliphatic rings. The summed E-state index contributed by atoms with van der Waals surface area (Å²) >= 11 is 0. The maximum atomic E-state index is 5.43. The van der Waals surface area contributed by atoms with Gasteiger partial charge in [-0.2, -0.15) is 0 Å². The van der Waals surface area contributed by atoms with E-state index >= 15 is 0 Å². The van der Waals surface area contributed by atoms with Gasteiger partial charge >= 0.3 is 0 Å². The number of nitrogens with zero attached hydrogens (tertiary/aromatic N) is 2. The zero-order chi connectivity index (χ0) is 14.7. The molecule has 20 heavy (non-hydrogen) atoms. The Balaban J connectivity index is 2.20. The fraction of sp³-hybridized carbons (Fsp3) is 0.733. The Kier molecular flexibility index (Phi) is 4.81. The molecule has 0 spiro atoms. The molecule has 1 aromatic heterocycles. The molecule has 2 N–H and O–H groups in total. The van der Waals surface area contributed by atoms with Crippen molar-refractivity contribution in [3.05, 3.63) is 11.4 Å². The Morgan fingerprint density at radius 1 is 1.20 bits per heavy atom. The fourth-order valence-electron chi connectivity index (χ4n) is 2.65. The van der Waals surface area contributed by atoms with Crippen LogP contribution in [0.1, 0.15) is 50.4 Å². The van der Waals surface area contributed by atoms with Gasteiger partial charge in [-0.1, -0.05) is 13.8 Å². The van der Waals surface area contributed by atoms with E-state index in [-0.39, 0.29) is 0 Å². The number of rotatable bonds is 5. The predicted molar refractivity (Wildman–Crippen MR) is 82.5 cm³/mol. The Bertz CT molecular complexity index is 461. The summed E-state index contributed by atoms with van der Waals surface area (Å²) < 4.78 is 5.43. The summed E-state index contributed by atoms with van der Waals surface area (Å²) in [7, 11) is 3.69. The smallest absolute Gasteiger partial charge is 0.135 e. The molecule has 2 atom stereocenters. The lowest BCUT2D eigenvalue weighted by Gasteiger charge is -2.18. The zero-order valence-electron chi connectivity index (χ0n) is 13.2. The second-order valence-corrected chi connectivity index (χ2v) is 5.82. The number of hydrogen-bond acceptors (Lipinski definition) is 5. The molecule has 0 bridgehead atoms. The molecule has 0 radical (unpaired) electrons. The highest BCUT2D eigenvalue weighted by molar-refractivity contribution is 5.57. The highest BCUT2D eigenvalue weighted by Gasteiger charge is 2.25. The van der Waals surface area contributed by atoms with Gasteiger partial charge in [-0.25, -0.2) is 9.97 Å². The van der Waals surface area contributed by atoms with Gasteiger partial charge in [-0.3, -0.25) is 0 Å². The summed E-state index contributed by atoms with van der Waals surface area (Å²) in [5.74, 6) is 3.06. The fourth-order valence-corrected chi connectivity index (χ4v) is 2.65. The van der Waals surface area contributed by atoms with Gasteiger partial charge in [0, 0.05) is 31.7 Å². The van der Waals surface area contributed by atoms with Gasteiger partial charge < -0.3 is 15.4 Å². The second-order valence-electron chi connectivity index (χ2n) is 5.82. The molecule has 112 valence electrons. The molecule has 1 aromatic rings. The Hall–Kier alpha value is -1.36. The molecule has 1 heterocycles. The van der Waals surface area contributed by atoms with E-state index in [1.807, 2.05) is 7.05 Å². The van der Waals surface area contributed by atoms with Crippen LogP contribution in [0.15, 0.2) is 0 Å². The summed E-state index contributed by atoms with van der Waals surface area (Å²) in [6.45, 7) is 6.29. The molecule has 2 unspecified atom stereocenters. The van der Waals surface area contributed by atoms with Gasteiger partial charge in [-0.15, -0.1) is 0 Å². The Labute approximate surface area is 121 Å². The average molecular weight is 278 g/mol. The highest BCUT2D eigenvalue weighted by Crippen LogP contribution is 2.28. The van der Waals surface area contributed by atoms with E-state index in [2.05, 4.69) is 36.4 Å². The molecule has 5 nitrogen and oxygen atoms in total. The molecule has 1 saturated carbocycles. The molecule has 0 aliphatic heterocycles. The lowest BCUT2D eigenvalue weighted by atomic mass is 10.2. The largest absolute Gasteiger partial charge is 0.381 e. The predicted octanol–water partition coefficient (Wildman–Crippen LogP) is 2.93. The maximum absolute atomic E-state index is 5.43. The first-order valence-electron chi connectivity index (χ1n) is 7.40. The van der Waals surface area contributed by atoms with Crippen molar-refractivity contribution in [1.82, 2.24) is 9.97 Å². The van der Waals surface area contributed by atoms with Crippen molar-refractivity contribution < 1.29 is 4.74 Å². The molecule has 1 fully saturated rings. The SMILES string of the molecule is CNc1nc(C(C)C)nc(NC2CCC(OC)C2)c1C. The van der Waals surface area contributed by atoms with Crippen LogP contribution >= 0.6 is 0 Å². The van der Waals surface area contributed by atoms with Crippen LogP contribution in [-0.2, 0) is 4.74 Å². The normalized spacial score (nSPS) is 22.3. The topological polar surface area (TPSA) is 59.1 Å². The first-order valence-corrected chi connectivity index (χ1v) is 7.40. The van der Waals surface area contributed by atoms with Crippen molar-refractivity contribution in [2.24, 2.45) is 0 Å². The van der Waals surface area contributed by atoms with Gasteiger partial charge in [0.25, 0.3) is 0 Å². The van der Waals surface area contributed by atoms with Gasteiger partial charge in [0.05, 0.1) is 6.10 Å². The van der Waals surface area contributed by atoms with E-state index in [1.54, 1.807) is 7.11 Å². The van der Waals surface area contributed by atoms with Crippen molar-refractivity contribution in [1.29, 1.82) is 0 Å². The molecule has 1 aliphatic carbocycles. The first kappa shape index (κ1) is 15.0. The van der Waals surface area contributed by atoms with Gasteiger partial charge in [0.15, 0.2) is 0 Å². The first-order chi connectivity index (χ1) is 9.55. The van der Waals surface area contributed by atoms with Crippen LogP contribution < -0.4 is 10.6 Å². The van der Waals surface area contributed by atoms with E-state index in [4.69, 9.17) is 9.72 Å². The number of methoxy groups -OCH3 is 1. The number of anilines is 2. The summed E-state index contributed by atoms with van der Waals surface area (Å²) in [6, 6.07) is 0.443. The van der Waals surface area contributed by atoms with Gasteiger partial charge in [0.2, 0.25) is 0 Å². The van der Waals surface area contributed by atoms with Crippen LogP contribution in [0, 0.1) is 6.92 Å². The molecular formula is C15H26N4O. The van der Waals surface area contributed by atoms with Crippen molar-refractivity contribution in [3.63, 3.8) is 0 Å². The monoisotopic (exact) mass is 278 g/mol. The number of aromatic nitrogens is 2. The van der Waals surface area contributed by atoms with Crippen LogP contribution in [0.25, 0.3) is 0 Å². The number of nitrogens with one attached hydrogen (secondary N) is 2. The van der Waals surface area contributed by atoms with E-state index < -0.39 is 0 Å². The Morgan fingerprint density at radius 2 is 1.90 bits per heavy atom. The van der Waals surface area contributed by atoms with Crippen molar-refractivity contribution in [2.75, 3.05) is 24.8 Å². The van der Waals surface area contributed by atoms with Crippen LogP contribution in [0.5, 0.6) is 0 Å². The standard InChI is InChI=1S/C15H26N4O/c1-9(2)13-18-14(16-4)10(3)15(19-13)17-11-6-7-12(8-11)20-5/h9,11-12H,6-8H2,1-5H3,(H2,16,17,18,19). The van der Waals surface area contributed by atoms with Crippen molar-refractivity contribution >= 4 is 11.6 Å². The molecule has 0 saturated heterocycles. The third kappa shape index (κ3) is 3.20. The minimum atomic E-state index is 0.318. The van der Waals surface area contributed by atoms with E-state index in [1.165, 1.54) is 0 Å². The van der Waals surface area contributed by atoms with E-state index in [0.29, 0.717) is 18.1 Å².